The van der Waals surface area contributed by atoms with Crippen LogP contribution in [0.25, 0.3) is 0 Å². The molecule has 2 heterocycles. The summed E-state index contributed by atoms with van der Waals surface area (Å²) in [6, 6.07) is 8.97. The summed E-state index contributed by atoms with van der Waals surface area (Å²) in [5, 5.41) is 0.560. The highest BCUT2D eigenvalue weighted by molar-refractivity contribution is 6.32. The molecule has 0 radical (unpaired) electrons. The van der Waals surface area contributed by atoms with E-state index in [1.807, 2.05) is 18.2 Å². The fourth-order valence-electron chi connectivity index (χ4n) is 2.32. The summed E-state index contributed by atoms with van der Waals surface area (Å²) in [7, 11) is 0. The summed E-state index contributed by atoms with van der Waals surface area (Å²) in [5.41, 5.74) is 1.03. The van der Waals surface area contributed by atoms with Crippen LogP contribution in [0.3, 0.4) is 0 Å². The SMILES string of the molecule is O=c1ccccn1CCc1cc(Cl)c2c(c1)OCCCO2. The summed E-state index contributed by atoms with van der Waals surface area (Å²) in [5.74, 6) is 1.31. The van der Waals surface area contributed by atoms with E-state index in [0.29, 0.717) is 42.7 Å². The second kappa shape index (κ2) is 6.22. The molecule has 3 rings (SSSR count). The first-order valence-corrected chi connectivity index (χ1v) is 7.35. The lowest BCUT2D eigenvalue weighted by molar-refractivity contribution is 0.297. The molecular formula is C16H16ClNO3. The highest BCUT2D eigenvalue weighted by atomic mass is 35.5. The molecule has 0 fully saturated rings. The van der Waals surface area contributed by atoms with Gasteiger partial charge in [0.1, 0.15) is 0 Å². The van der Waals surface area contributed by atoms with E-state index in [-0.39, 0.29) is 5.56 Å². The Morgan fingerprint density at radius 1 is 1.19 bits per heavy atom. The molecule has 1 aromatic carbocycles. The fourth-order valence-corrected chi connectivity index (χ4v) is 2.61. The van der Waals surface area contributed by atoms with Crippen molar-refractivity contribution in [2.24, 2.45) is 0 Å². The number of benzene rings is 1. The lowest BCUT2D eigenvalue weighted by Crippen LogP contribution is -2.18. The summed E-state index contributed by atoms with van der Waals surface area (Å²) in [6.45, 7) is 1.85. The third kappa shape index (κ3) is 3.22. The van der Waals surface area contributed by atoms with Gasteiger partial charge in [0.2, 0.25) is 0 Å². The Morgan fingerprint density at radius 3 is 2.90 bits per heavy atom. The average Bonchev–Trinajstić information content (AvgIpc) is 2.72. The molecule has 0 saturated heterocycles. The standard InChI is InChI=1S/C16H16ClNO3/c17-13-10-12(5-7-18-6-2-1-4-15(18)19)11-14-16(13)21-9-3-8-20-14/h1-2,4,6,10-11H,3,5,7-9H2. The normalized spacial score (nSPS) is 13.8. The number of nitrogens with zero attached hydrogens (tertiary/aromatic N) is 1. The molecule has 0 aliphatic carbocycles. The van der Waals surface area contributed by atoms with Gasteiger partial charge in [-0.15, -0.1) is 0 Å². The van der Waals surface area contributed by atoms with Gasteiger partial charge in [-0.2, -0.15) is 0 Å². The molecule has 1 aliphatic heterocycles. The number of fused-ring (bicyclic) bond motifs is 1. The third-order valence-electron chi connectivity index (χ3n) is 3.40. The Morgan fingerprint density at radius 2 is 2.05 bits per heavy atom. The van der Waals surface area contributed by atoms with E-state index in [1.165, 1.54) is 0 Å². The highest BCUT2D eigenvalue weighted by Crippen LogP contribution is 2.38. The molecule has 110 valence electrons. The van der Waals surface area contributed by atoms with E-state index in [9.17, 15) is 4.79 Å². The van der Waals surface area contributed by atoms with Crippen LogP contribution >= 0.6 is 11.6 Å². The van der Waals surface area contributed by atoms with Gasteiger partial charge in [-0.25, -0.2) is 0 Å². The largest absolute Gasteiger partial charge is 0.489 e. The number of pyridine rings is 1. The average molecular weight is 306 g/mol. The van der Waals surface area contributed by atoms with Crippen molar-refractivity contribution >= 4 is 11.6 Å². The molecule has 0 saturated carbocycles. The van der Waals surface area contributed by atoms with Crippen molar-refractivity contribution in [3.63, 3.8) is 0 Å². The quantitative estimate of drug-likeness (QED) is 0.875. The predicted molar refractivity (Wildman–Crippen MR) is 81.5 cm³/mol. The molecule has 4 nitrogen and oxygen atoms in total. The molecular weight excluding hydrogens is 290 g/mol. The van der Waals surface area contributed by atoms with Gasteiger partial charge in [-0.05, 0) is 30.2 Å². The van der Waals surface area contributed by atoms with Crippen molar-refractivity contribution in [3.8, 4) is 11.5 Å². The Hall–Kier alpha value is -1.94. The van der Waals surface area contributed by atoms with Crippen LogP contribution in [0, 0.1) is 0 Å². The van der Waals surface area contributed by atoms with E-state index < -0.39 is 0 Å². The molecule has 0 spiro atoms. The Bertz CT molecular complexity index is 696. The Balaban J connectivity index is 1.80. The lowest BCUT2D eigenvalue weighted by atomic mass is 10.1. The van der Waals surface area contributed by atoms with Crippen LogP contribution in [-0.4, -0.2) is 17.8 Å². The topological polar surface area (TPSA) is 40.5 Å². The summed E-state index contributed by atoms with van der Waals surface area (Å²) < 4.78 is 12.9. The first kappa shape index (κ1) is 14.0. The van der Waals surface area contributed by atoms with Gasteiger partial charge < -0.3 is 14.0 Å². The predicted octanol–water partition coefficient (Wildman–Crippen LogP) is 2.91. The number of halogens is 1. The maximum Gasteiger partial charge on any atom is 0.250 e. The molecule has 0 atom stereocenters. The van der Waals surface area contributed by atoms with Crippen molar-refractivity contribution in [2.75, 3.05) is 13.2 Å². The third-order valence-corrected chi connectivity index (χ3v) is 3.68. The van der Waals surface area contributed by atoms with Crippen LogP contribution in [-0.2, 0) is 13.0 Å². The van der Waals surface area contributed by atoms with E-state index in [0.717, 1.165) is 12.0 Å². The fraction of sp³-hybridized carbons (Fsp3) is 0.312. The number of aryl methyl sites for hydroxylation is 2. The monoisotopic (exact) mass is 305 g/mol. The van der Waals surface area contributed by atoms with Crippen LogP contribution in [0.4, 0.5) is 0 Å². The number of hydrogen-bond donors (Lipinski definition) is 0. The van der Waals surface area contributed by atoms with E-state index >= 15 is 0 Å². The zero-order chi connectivity index (χ0) is 14.7. The Kier molecular flexibility index (Phi) is 4.15. The molecule has 1 aliphatic rings. The lowest BCUT2D eigenvalue weighted by Gasteiger charge is -2.12. The molecule has 2 aromatic rings. The van der Waals surface area contributed by atoms with Crippen molar-refractivity contribution in [1.82, 2.24) is 4.57 Å². The number of rotatable bonds is 3. The van der Waals surface area contributed by atoms with Crippen molar-refractivity contribution < 1.29 is 9.47 Å². The van der Waals surface area contributed by atoms with Crippen molar-refractivity contribution in [2.45, 2.75) is 19.4 Å². The van der Waals surface area contributed by atoms with Crippen LogP contribution in [0.5, 0.6) is 11.5 Å². The molecule has 0 unspecified atom stereocenters. The second-order valence-electron chi connectivity index (χ2n) is 4.94. The minimum atomic E-state index is -0.00191. The van der Waals surface area contributed by atoms with Crippen molar-refractivity contribution in [3.05, 3.63) is 57.5 Å². The van der Waals surface area contributed by atoms with Gasteiger partial charge >= 0.3 is 0 Å². The molecule has 0 amide bonds. The molecule has 0 bridgehead atoms. The first-order chi connectivity index (χ1) is 10.2. The molecule has 1 aromatic heterocycles. The minimum Gasteiger partial charge on any atom is -0.489 e. The van der Waals surface area contributed by atoms with E-state index in [2.05, 4.69) is 0 Å². The smallest absolute Gasteiger partial charge is 0.250 e. The highest BCUT2D eigenvalue weighted by Gasteiger charge is 2.15. The molecule has 21 heavy (non-hydrogen) atoms. The summed E-state index contributed by atoms with van der Waals surface area (Å²) >= 11 is 6.26. The second-order valence-corrected chi connectivity index (χ2v) is 5.34. The van der Waals surface area contributed by atoms with Crippen molar-refractivity contribution in [1.29, 1.82) is 0 Å². The number of hydrogen-bond acceptors (Lipinski definition) is 3. The number of ether oxygens (including phenoxy) is 2. The van der Waals surface area contributed by atoms with E-state index in [1.54, 1.807) is 22.9 Å². The van der Waals surface area contributed by atoms with Gasteiger partial charge in [-0.3, -0.25) is 4.79 Å². The zero-order valence-electron chi connectivity index (χ0n) is 11.5. The van der Waals surface area contributed by atoms with Gasteiger partial charge in [0.15, 0.2) is 11.5 Å². The first-order valence-electron chi connectivity index (χ1n) is 6.97. The van der Waals surface area contributed by atoms with Crippen LogP contribution in [0.2, 0.25) is 5.02 Å². The van der Waals surface area contributed by atoms with Gasteiger partial charge in [0, 0.05) is 25.2 Å². The maximum atomic E-state index is 11.7. The van der Waals surface area contributed by atoms with E-state index in [4.69, 9.17) is 21.1 Å². The van der Waals surface area contributed by atoms with Gasteiger partial charge in [-0.1, -0.05) is 17.7 Å². The maximum absolute atomic E-state index is 11.7. The molecule has 0 N–H and O–H groups in total. The minimum absolute atomic E-state index is 0.00191. The Labute approximate surface area is 127 Å². The van der Waals surface area contributed by atoms with Crippen LogP contribution in [0.15, 0.2) is 41.3 Å². The summed E-state index contributed by atoms with van der Waals surface area (Å²) in [6.07, 6.45) is 3.34. The molecule has 5 heteroatoms. The van der Waals surface area contributed by atoms with Crippen LogP contribution in [0.1, 0.15) is 12.0 Å². The van der Waals surface area contributed by atoms with Crippen LogP contribution < -0.4 is 15.0 Å². The zero-order valence-corrected chi connectivity index (χ0v) is 12.3. The van der Waals surface area contributed by atoms with Gasteiger partial charge in [0.05, 0.1) is 18.2 Å². The number of aromatic nitrogens is 1. The summed E-state index contributed by atoms with van der Waals surface area (Å²) in [4.78, 5) is 11.7. The van der Waals surface area contributed by atoms with Gasteiger partial charge in [0.25, 0.3) is 5.56 Å².